The number of aryl methyl sites for hydroxylation is 2. The Bertz CT molecular complexity index is 1060. The summed E-state index contributed by atoms with van der Waals surface area (Å²) in [6.07, 6.45) is 3.23. The molecule has 0 saturated carbocycles. The molecule has 7 heteroatoms. The van der Waals surface area contributed by atoms with Crippen LogP contribution in [0.15, 0.2) is 35.4 Å². The van der Waals surface area contributed by atoms with Gasteiger partial charge in [0.2, 0.25) is 0 Å². The van der Waals surface area contributed by atoms with E-state index in [1.54, 1.807) is 26.1 Å². The highest BCUT2D eigenvalue weighted by molar-refractivity contribution is 7.20. The minimum atomic E-state index is -0.285. The number of rotatable bonds is 2. The van der Waals surface area contributed by atoms with Crippen molar-refractivity contribution in [2.24, 2.45) is 7.05 Å². The molecule has 1 aliphatic heterocycles. The predicted octanol–water partition coefficient (Wildman–Crippen LogP) is 3.42. The third-order valence-electron chi connectivity index (χ3n) is 4.97. The number of hydrogen-bond donors (Lipinski definition) is 0. The molecule has 4 rings (SSSR count). The number of benzene rings is 1. The van der Waals surface area contributed by atoms with Gasteiger partial charge in [-0.2, -0.15) is 0 Å². The van der Waals surface area contributed by atoms with Crippen LogP contribution in [0.5, 0.6) is 0 Å². The van der Waals surface area contributed by atoms with Gasteiger partial charge in [-0.25, -0.2) is 9.37 Å². The van der Waals surface area contributed by atoms with E-state index in [0.29, 0.717) is 27.2 Å². The number of carbonyl (C=O) groups excluding carboxylic acids is 1. The molecule has 5 nitrogen and oxygen atoms in total. The number of aromatic nitrogens is 2. The lowest BCUT2D eigenvalue weighted by atomic mass is 10.0. The molecular formula is C19H18FN3O2S. The van der Waals surface area contributed by atoms with Crippen LogP contribution in [0.1, 0.15) is 39.7 Å². The van der Waals surface area contributed by atoms with Crippen LogP contribution in [0.2, 0.25) is 0 Å². The van der Waals surface area contributed by atoms with E-state index in [4.69, 9.17) is 0 Å². The quantitative estimate of drug-likeness (QED) is 0.694. The van der Waals surface area contributed by atoms with Crippen LogP contribution >= 0.6 is 11.3 Å². The molecule has 1 aliphatic rings. The van der Waals surface area contributed by atoms with Gasteiger partial charge < -0.3 is 9.47 Å². The normalized spacial score (nSPS) is 17.2. The zero-order valence-corrected chi connectivity index (χ0v) is 15.3. The molecule has 0 bridgehead atoms. The van der Waals surface area contributed by atoms with Gasteiger partial charge in [-0.05, 0) is 43.0 Å². The molecule has 2 aromatic heterocycles. The molecule has 26 heavy (non-hydrogen) atoms. The van der Waals surface area contributed by atoms with Crippen molar-refractivity contribution in [3.05, 3.63) is 62.8 Å². The maximum absolute atomic E-state index is 13.2. The van der Waals surface area contributed by atoms with Crippen LogP contribution in [0.3, 0.4) is 0 Å². The Hall–Kier alpha value is -2.54. The zero-order chi connectivity index (χ0) is 18.4. The van der Waals surface area contributed by atoms with Gasteiger partial charge in [0, 0.05) is 13.6 Å². The Morgan fingerprint density at radius 2 is 2.04 bits per heavy atom. The fourth-order valence-electron chi connectivity index (χ4n) is 3.58. The molecule has 0 N–H and O–H groups in total. The molecule has 3 heterocycles. The minimum Gasteiger partial charge on any atom is -0.331 e. The monoisotopic (exact) mass is 371 g/mol. The highest BCUT2D eigenvalue weighted by atomic mass is 32.1. The van der Waals surface area contributed by atoms with Gasteiger partial charge in [0.05, 0.1) is 22.6 Å². The van der Waals surface area contributed by atoms with E-state index < -0.39 is 0 Å². The number of fused-ring (bicyclic) bond motifs is 1. The third kappa shape index (κ3) is 2.63. The topological polar surface area (TPSA) is 55.2 Å². The van der Waals surface area contributed by atoms with Crippen molar-refractivity contribution in [1.82, 2.24) is 14.5 Å². The maximum atomic E-state index is 13.2. The largest absolute Gasteiger partial charge is 0.331 e. The van der Waals surface area contributed by atoms with Crippen LogP contribution in [-0.4, -0.2) is 26.9 Å². The van der Waals surface area contributed by atoms with Crippen LogP contribution in [0.4, 0.5) is 4.39 Å². The molecule has 0 radical (unpaired) electrons. The summed E-state index contributed by atoms with van der Waals surface area (Å²) in [5.41, 5.74) is 1.48. The van der Waals surface area contributed by atoms with Crippen molar-refractivity contribution in [1.29, 1.82) is 0 Å². The van der Waals surface area contributed by atoms with Crippen molar-refractivity contribution in [3.8, 4) is 0 Å². The van der Waals surface area contributed by atoms with Gasteiger partial charge in [0.25, 0.3) is 11.5 Å². The van der Waals surface area contributed by atoms with E-state index in [1.807, 2.05) is 4.90 Å². The number of carbonyl (C=O) groups is 1. The first kappa shape index (κ1) is 16.9. The van der Waals surface area contributed by atoms with Crippen molar-refractivity contribution in [3.63, 3.8) is 0 Å². The van der Waals surface area contributed by atoms with Gasteiger partial charge in [-0.1, -0.05) is 12.1 Å². The van der Waals surface area contributed by atoms with E-state index in [0.717, 1.165) is 18.4 Å². The lowest BCUT2D eigenvalue weighted by Gasteiger charge is -2.25. The lowest BCUT2D eigenvalue weighted by Crippen LogP contribution is -2.30. The number of nitrogens with zero attached hydrogens (tertiary/aromatic N) is 3. The lowest BCUT2D eigenvalue weighted by molar-refractivity contribution is 0.0740. The van der Waals surface area contributed by atoms with Gasteiger partial charge in [-0.15, -0.1) is 11.3 Å². The van der Waals surface area contributed by atoms with Crippen molar-refractivity contribution in [2.45, 2.75) is 25.8 Å². The number of amides is 1. The summed E-state index contributed by atoms with van der Waals surface area (Å²) in [4.78, 5) is 32.9. The number of hydrogen-bond acceptors (Lipinski definition) is 4. The van der Waals surface area contributed by atoms with Crippen LogP contribution in [-0.2, 0) is 7.05 Å². The van der Waals surface area contributed by atoms with Gasteiger partial charge >= 0.3 is 0 Å². The van der Waals surface area contributed by atoms with Crippen molar-refractivity contribution >= 4 is 27.5 Å². The summed E-state index contributed by atoms with van der Waals surface area (Å²) >= 11 is 1.27. The fourth-order valence-corrected chi connectivity index (χ4v) is 4.68. The first-order valence-corrected chi connectivity index (χ1v) is 9.30. The molecular weight excluding hydrogens is 353 g/mol. The molecule has 3 aromatic rings. The van der Waals surface area contributed by atoms with E-state index in [1.165, 1.54) is 34.4 Å². The summed E-state index contributed by atoms with van der Waals surface area (Å²) in [5.74, 6) is -0.369. The fraction of sp³-hybridized carbons (Fsp3) is 0.316. The average Bonchev–Trinajstić information content (AvgIpc) is 3.24. The SMILES string of the molecule is Cc1c(C(=O)N2CCCC2c2ccc(F)cc2)sc2ncn(C)c(=O)c12. The standard InChI is InChI=1S/C19H18FN3O2S/c1-11-15-17(21-10-22(2)18(15)24)26-16(11)19(25)23-9-3-4-14(23)12-5-7-13(20)8-6-12/h5-8,10,14H,3-4,9H2,1-2H3. The number of thiophene rings is 1. The van der Waals surface area contributed by atoms with E-state index in [-0.39, 0.29) is 23.3 Å². The highest BCUT2D eigenvalue weighted by Crippen LogP contribution is 2.36. The maximum Gasteiger partial charge on any atom is 0.264 e. The molecule has 1 amide bonds. The van der Waals surface area contributed by atoms with Crippen LogP contribution in [0, 0.1) is 12.7 Å². The Labute approximate surface area is 153 Å². The summed E-state index contributed by atoms with van der Waals surface area (Å²) in [6.45, 7) is 2.46. The third-order valence-corrected chi connectivity index (χ3v) is 6.16. The van der Waals surface area contributed by atoms with E-state index in [2.05, 4.69) is 4.98 Å². The van der Waals surface area contributed by atoms with Crippen LogP contribution < -0.4 is 5.56 Å². The molecule has 1 aromatic carbocycles. The summed E-state index contributed by atoms with van der Waals surface area (Å²) < 4.78 is 14.6. The second-order valence-corrected chi connectivity index (χ2v) is 7.60. The van der Waals surface area contributed by atoms with Crippen molar-refractivity contribution in [2.75, 3.05) is 6.54 Å². The van der Waals surface area contributed by atoms with E-state index >= 15 is 0 Å². The average molecular weight is 371 g/mol. The summed E-state index contributed by atoms with van der Waals surface area (Å²) in [6, 6.07) is 6.26. The Morgan fingerprint density at radius 3 is 2.77 bits per heavy atom. The first-order chi connectivity index (χ1) is 12.5. The zero-order valence-electron chi connectivity index (χ0n) is 14.5. The molecule has 1 fully saturated rings. The molecule has 1 atom stereocenters. The number of likely N-dealkylation sites (tertiary alicyclic amines) is 1. The smallest absolute Gasteiger partial charge is 0.264 e. The highest BCUT2D eigenvalue weighted by Gasteiger charge is 2.33. The Morgan fingerprint density at radius 1 is 1.31 bits per heavy atom. The van der Waals surface area contributed by atoms with Crippen LogP contribution in [0.25, 0.3) is 10.2 Å². The van der Waals surface area contributed by atoms with Gasteiger partial charge in [-0.3, -0.25) is 9.59 Å². The first-order valence-electron chi connectivity index (χ1n) is 8.48. The van der Waals surface area contributed by atoms with Gasteiger partial charge in [0.15, 0.2) is 0 Å². The summed E-state index contributed by atoms with van der Waals surface area (Å²) in [7, 11) is 1.65. The predicted molar refractivity (Wildman–Crippen MR) is 99.0 cm³/mol. The molecule has 0 aliphatic carbocycles. The summed E-state index contributed by atoms with van der Waals surface area (Å²) in [5, 5.41) is 0.515. The second-order valence-electron chi connectivity index (χ2n) is 6.61. The Kier molecular flexibility index (Phi) is 4.11. The molecule has 0 spiro atoms. The molecule has 1 saturated heterocycles. The van der Waals surface area contributed by atoms with E-state index in [9.17, 15) is 14.0 Å². The number of halogens is 1. The second kappa shape index (κ2) is 6.32. The molecule has 1 unspecified atom stereocenters. The minimum absolute atomic E-state index is 0.0662. The van der Waals surface area contributed by atoms with Crippen molar-refractivity contribution < 1.29 is 9.18 Å². The Balaban J connectivity index is 1.74. The van der Waals surface area contributed by atoms with Gasteiger partial charge in [0.1, 0.15) is 10.6 Å². The molecule has 134 valence electrons.